The van der Waals surface area contributed by atoms with Crippen molar-refractivity contribution in [2.24, 2.45) is 29.4 Å². The van der Waals surface area contributed by atoms with Crippen molar-refractivity contribution in [3.63, 3.8) is 0 Å². The summed E-state index contributed by atoms with van der Waals surface area (Å²) in [5.74, 6) is -7.79. The van der Waals surface area contributed by atoms with Gasteiger partial charge < -0.3 is 35.5 Å². The number of phenolic OH excluding ortho intramolecular Hbond substituents is 1. The minimum Gasteiger partial charge on any atom is -0.508 e. The fourth-order valence-electron chi connectivity index (χ4n) is 6.74. The molecule has 0 unspecified atom stereocenters. The van der Waals surface area contributed by atoms with Crippen LogP contribution < -0.4 is 5.73 Å². The second kappa shape index (κ2) is 9.10. The number of aliphatic hydroxyl groups excluding tert-OH is 2. The number of hydrogen-bond donors (Lipinski definition) is 5. The minimum absolute atomic E-state index is 0.0663. The molecule has 1 heterocycles. The van der Waals surface area contributed by atoms with E-state index in [0.717, 1.165) is 5.56 Å². The van der Waals surface area contributed by atoms with Crippen LogP contribution in [0.3, 0.4) is 0 Å². The van der Waals surface area contributed by atoms with Gasteiger partial charge in [-0.15, -0.1) is 0 Å². The lowest BCUT2D eigenvalue weighted by atomic mass is 9.54. The summed E-state index contributed by atoms with van der Waals surface area (Å²) in [4.78, 5) is 41.3. The molecule has 5 rings (SSSR count). The molecule has 10 nitrogen and oxygen atoms in total. The first-order chi connectivity index (χ1) is 18.3. The molecular weight excluding hydrogens is 504 g/mol. The summed E-state index contributed by atoms with van der Waals surface area (Å²) in [5.41, 5.74) is 4.41. The summed E-state index contributed by atoms with van der Waals surface area (Å²) in [5, 5.41) is 45.6. The molecule has 0 bridgehead atoms. The van der Waals surface area contributed by atoms with E-state index in [9.17, 15) is 34.8 Å². The van der Waals surface area contributed by atoms with Crippen LogP contribution in [0.4, 0.5) is 0 Å². The number of benzene rings is 1. The van der Waals surface area contributed by atoms with E-state index in [0.29, 0.717) is 23.2 Å². The number of nitrogens with zero attached hydrogens (tertiary/aromatic N) is 1. The van der Waals surface area contributed by atoms with E-state index in [1.165, 1.54) is 6.26 Å². The number of aliphatic hydroxyl groups is 3. The van der Waals surface area contributed by atoms with Gasteiger partial charge in [-0.2, -0.15) is 0 Å². The van der Waals surface area contributed by atoms with Crippen molar-refractivity contribution in [1.29, 1.82) is 0 Å². The molecule has 206 valence electrons. The summed E-state index contributed by atoms with van der Waals surface area (Å²) in [6.45, 7) is 3.79. The Morgan fingerprint density at radius 1 is 1.23 bits per heavy atom. The van der Waals surface area contributed by atoms with Crippen LogP contribution in [0.25, 0.3) is 16.9 Å². The first kappa shape index (κ1) is 26.7. The van der Waals surface area contributed by atoms with Crippen molar-refractivity contribution in [3.8, 4) is 16.9 Å². The van der Waals surface area contributed by atoms with E-state index in [4.69, 9.17) is 10.2 Å². The van der Waals surface area contributed by atoms with Gasteiger partial charge in [0.15, 0.2) is 11.4 Å². The lowest BCUT2D eigenvalue weighted by Gasteiger charge is -2.50. The van der Waals surface area contributed by atoms with Crippen LogP contribution in [0.1, 0.15) is 37.0 Å². The van der Waals surface area contributed by atoms with Crippen LogP contribution in [-0.4, -0.2) is 62.5 Å². The number of ketones is 2. The van der Waals surface area contributed by atoms with E-state index >= 15 is 0 Å². The highest BCUT2D eigenvalue weighted by Gasteiger charge is 2.64. The summed E-state index contributed by atoms with van der Waals surface area (Å²) >= 11 is 0. The van der Waals surface area contributed by atoms with Crippen LogP contribution in [0, 0.1) is 23.7 Å². The average molecular weight is 537 g/mol. The molecule has 0 spiro atoms. The van der Waals surface area contributed by atoms with Gasteiger partial charge >= 0.3 is 0 Å². The van der Waals surface area contributed by atoms with Gasteiger partial charge in [0, 0.05) is 35.1 Å². The average Bonchev–Trinajstić information content (AvgIpc) is 3.37. The predicted octanol–water partition coefficient (Wildman–Crippen LogP) is 2.63. The van der Waals surface area contributed by atoms with E-state index in [1.54, 1.807) is 26.2 Å². The van der Waals surface area contributed by atoms with Crippen LogP contribution in [-0.2, 0) is 27.3 Å². The number of amides is 1. The molecule has 2 aromatic rings. The molecule has 0 aliphatic heterocycles. The number of carbonyl (C=O) groups excluding carboxylic acids is 3. The molecule has 6 N–H and O–H groups in total. The fraction of sp³-hybridized carbons (Fsp3) is 0.414. The van der Waals surface area contributed by atoms with Gasteiger partial charge in [0.25, 0.3) is 5.91 Å². The maximum atomic E-state index is 14.0. The zero-order valence-electron chi connectivity index (χ0n) is 22.2. The molecular formula is C29H32N2O8. The summed E-state index contributed by atoms with van der Waals surface area (Å²) in [6, 6.07) is 3.59. The Hall–Kier alpha value is -3.89. The Balaban J connectivity index is 1.77. The SMILES string of the molecule is CC(C)[C@@H]1C(=O)C(C(N)=O)=C(O)[C@@]2(O)C(=O)C3=C(O)c4c(O)c(CN(C)C)cc(-c5ccoc5)c4C[C@H]3C[C@@H]12. The summed E-state index contributed by atoms with van der Waals surface area (Å²) in [6.07, 6.45) is 3.35. The van der Waals surface area contributed by atoms with Gasteiger partial charge in [0.2, 0.25) is 5.78 Å². The van der Waals surface area contributed by atoms with Gasteiger partial charge in [-0.3, -0.25) is 14.4 Å². The number of Topliss-reactive ketones (excluding diaryl/α,β-unsaturated/α-hetero) is 2. The highest BCUT2D eigenvalue weighted by atomic mass is 16.3. The summed E-state index contributed by atoms with van der Waals surface area (Å²) in [7, 11) is 3.65. The van der Waals surface area contributed by atoms with E-state index < -0.39 is 63.8 Å². The maximum absolute atomic E-state index is 14.0. The molecule has 10 heteroatoms. The number of carbonyl (C=O) groups is 3. The number of furan rings is 1. The van der Waals surface area contributed by atoms with Crippen LogP contribution in [0.2, 0.25) is 0 Å². The first-order valence-corrected chi connectivity index (χ1v) is 12.8. The molecule has 39 heavy (non-hydrogen) atoms. The number of hydrogen-bond acceptors (Lipinski definition) is 9. The van der Waals surface area contributed by atoms with E-state index in [1.807, 2.05) is 25.1 Å². The molecule has 3 aliphatic rings. The normalized spacial score (nSPS) is 26.7. The van der Waals surface area contributed by atoms with Gasteiger partial charge in [-0.25, -0.2) is 0 Å². The zero-order valence-corrected chi connectivity index (χ0v) is 22.2. The van der Waals surface area contributed by atoms with Gasteiger partial charge in [-0.05, 0) is 62.0 Å². The molecule has 1 aromatic carbocycles. The quantitative estimate of drug-likeness (QED) is 0.360. The topological polar surface area (TPSA) is 175 Å². The van der Waals surface area contributed by atoms with Crippen molar-refractivity contribution < 1.29 is 39.2 Å². The molecule has 4 atom stereocenters. The number of phenols is 1. The van der Waals surface area contributed by atoms with Crippen molar-refractivity contribution in [1.82, 2.24) is 4.90 Å². The highest BCUT2D eigenvalue weighted by molar-refractivity contribution is 6.23. The van der Waals surface area contributed by atoms with Crippen LogP contribution in [0.5, 0.6) is 5.75 Å². The lowest BCUT2D eigenvalue weighted by molar-refractivity contribution is -0.155. The van der Waals surface area contributed by atoms with Crippen LogP contribution >= 0.6 is 0 Å². The number of fused-ring (bicyclic) bond motifs is 3. The number of primary amides is 1. The third-order valence-corrected chi connectivity index (χ3v) is 8.37. The largest absolute Gasteiger partial charge is 0.508 e. The maximum Gasteiger partial charge on any atom is 0.255 e. The fourth-order valence-corrected chi connectivity index (χ4v) is 6.74. The molecule has 1 aromatic heterocycles. The number of aromatic hydroxyl groups is 1. The van der Waals surface area contributed by atoms with Gasteiger partial charge in [-0.1, -0.05) is 13.8 Å². The molecule has 1 saturated carbocycles. The Morgan fingerprint density at radius 2 is 1.92 bits per heavy atom. The van der Waals surface area contributed by atoms with Crippen LogP contribution in [0.15, 0.2) is 46.0 Å². The van der Waals surface area contributed by atoms with Gasteiger partial charge in [0.05, 0.1) is 18.1 Å². The van der Waals surface area contributed by atoms with Crippen molar-refractivity contribution in [3.05, 3.63) is 58.3 Å². The third kappa shape index (κ3) is 3.73. The molecule has 0 saturated heterocycles. The predicted molar refractivity (Wildman–Crippen MR) is 140 cm³/mol. The number of nitrogens with two attached hydrogens (primary N) is 1. The standard InChI is InChI=1S/C29H32N2O8/c1-12(2)19-18-9-14-7-17-16(13-5-6-39-11-13)8-15(10-31(3)4)23(32)21(17)25(34)20(14)26(35)29(18,38)27(36)22(24(19)33)28(30)37/h5-6,8,11-12,14,18-19,32,34,36,38H,7,9-10H2,1-4H3,(H2,30,37)/t14-,18-,19-,29-/m0/s1. The Labute approximate surface area is 225 Å². The van der Waals surface area contributed by atoms with Gasteiger partial charge in [0.1, 0.15) is 22.8 Å². The number of rotatable bonds is 5. The third-order valence-electron chi connectivity index (χ3n) is 8.37. The Bertz CT molecular complexity index is 1470. The van der Waals surface area contributed by atoms with Crippen molar-refractivity contribution >= 4 is 23.2 Å². The molecule has 3 aliphatic carbocycles. The highest BCUT2D eigenvalue weighted by Crippen LogP contribution is 2.55. The second-order valence-electron chi connectivity index (χ2n) is 11.4. The zero-order chi connectivity index (χ0) is 28.5. The monoisotopic (exact) mass is 536 g/mol. The second-order valence-corrected chi connectivity index (χ2v) is 11.4. The Morgan fingerprint density at radius 3 is 2.49 bits per heavy atom. The Kier molecular flexibility index (Phi) is 6.23. The molecule has 0 radical (unpaired) electrons. The van der Waals surface area contributed by atoms with E-state index in [2.05, 4.69) is 0 Å². The van der Waals surface area contributed by atoms with E-state index in [-0.39, 0.29) is 29.7 Å². The smallest absolute Gasteiger partial charge is 0.255 e. The minimum atomic E-state index is -2.63. The molecule has 1 fully saturated rings. The summed E-state index contributed by atoms with van der Waals surface area (Å²) < 4.78 is 5.30. The van der Waals surface area contributed by atoms with Crippen molar-refractivity contribution in [2.75, 3.05) is 14.1 Å². The van der Waals surface area contributed by atoms with Crippen molar-refractivity contribution in [2.45, 2.75) is 38.8 Å². The first-order valence-electron chi connectivity index (χ1n) is 12.8. The molecule has 1 amide bonds. The lowest BCUT2D eigenvalue weighted by Crippen LogP contribution is -2.62.